The molecule has 0 saturated heterocycles. The second-order valence-electron chi connectivity index (χ2n) is 5.64. The van der Waals surface area contributed by atoms with E-state index in [0.717, 1.165) is 0 Å². The van der Waals surface area contributed by atoms with Crippen LogP contribution in [0.15, 0.2) is 59.5 Å². The normalized spacial score (nSPS) is 12.2. The molecule has 0 fully saturated rings. The summed E-state index contributed by atoms with van der Waals surface area (Å²) >= 11 is 0. The van der Waals surface area contributed by atoms with E-state index in [9.17, 15) is 18.0 Å². The Balaban J connectivity index is 1.91. The standard InChI is InChI=1S/C18H21N3O5S/c1-26-14-7-9-15(10-8-14)27(24,25)20-12-11-16(22)21-17(18(19)23)13-5-3-2-4-6-13/h2-10,17,20H,11-12H2,1H3,(H2,19,23)(H,21,22)/t17-/m0/s1. The molecular formula is C18H21N3O5S. The summed E-state index contributed by atoms with van der Waals surface area (Å²) in [6, 6.07) is 13.4. The number of hydrogen-bond donors (Lipinski definition) is 3. The first-order valence-corrected chi connectivity index (χ1v) is 9.59. The molecule has 0 aliphatic heterocycles. The van der Waals surface area contributed by atoms with Crippen molar-refractivity contribution in [2.75, 3.05) is 13.7 Å². The Labute approximate surface area is 157 Å². The first kappa shape index (κ1) is 20.4. The summed E-state index contributed by atoms with van der Waals surface area (Å²) in [5, 5.41) is 2.51. The average Bonchev–Trinajstić information content (AvgIpc) is 2.66. The quantitative estimate of drug-likeness (QED) is 0.580. The van der Waals surface area contributed by atoms with Crippen molar-refractivity contribution >= 4 is 21.8 Å². The molecule has 0 spiro atoms. The molecule has 0 unspecified atom stereocenters. The Morgan fingerprint density at radius 2 is 1.70 bits per heavy atom. The number of hydrogen-bond acceptors (Lipinski definition) is 5. The van der Waals surface area contributed by atoms with E-state index in [4.69, 9.17) is 10.5 Å². The van der Waals surface area contributed by atoms with E-state index >= 15 is 0 Å². The minimum absolute atomic E-state index is 0.0583. The molecule has 2 rings (SSSR count). The second-order valence-corrected chi connectivity index (χ2v) is 7.40. The molecule has 0 saturated carbocycles. The molecule has 8 nitrogen and oxygen atoms in total. The number of carbonyl (C=O) groups is 2. The molecule has 144 valence electrons. The van der Waals surface area contributed by atoms with Gasteiger partial charge in [-0.2, -0.15) is 0 Å². The van der Waals surface area contributed by atoms with Crippen molar-refractivity contribution in [3.63, 3.8) is 0 Å². The van der Waals surface area contributed by atoms with Crippen molar-refractivity contribution < 1.29 is 22.7 Å². The number of amides is 2. The van der Waals surface area contributed by atoms with E-state index in [2.05, 4.69) is 10.0 Å². The Kier molecular flexibility index (Phi) is 6.91. The van der Waals surface area contributed by atoms with Gasteiger partial charge in [0.2, 0.25) is 21.8 Å². The van der Waals surface area contributed by atoms with E-state index in [1.807, 2.05) is 0 Å². The third kappa shape index (κ3) is 5.80. The fraction of sp³-hybridized carbons (Fsp3) is 0.222. The molecule has 0 aromatic heterocycles. The fourth-order valence-corrected chi connectivity index (χ4v) is 3.37. The van der Waals surface area contributed by atoms with Crippen molar-refractivity contribution in [1.29, 1.82) is 0 Å². The minimum Gasteiger partial charge on any atom is -0.497 e. The van der Waals surface area contributed by atoms with Crippen molar-refractivity contribution in [1.82, 2.24) is 10.0 Å². The topological polar surface area (TPSA) is 128 Å². The Hall–Kier alpha value is -2.91. The number of rotatable bonds is 9. The molecular weight excluding hydrogens is 370 g/mol. The smallest absolute Gasteiger partial charge is 0.244 e. The summed E-state index contributed by atoms with van der Waals surface area (Å²) in [7, 11) is -2.27. The van der Waals surface area contributed by atoms with E-state index < -0.39 is 27.9 Å². The highest BCUT2D eigenvalue weighted by Gasteiger charge is 2.20. The molecule has 2 aromatic rings. The van der Waals surface area contributed by atoms with Gasteiger partial charge in [-0.05, 0) is 29.8 Å². The van der Waals surface area contributed by atoms with Crippen LogP contribution in [0, 0.1) is 0 Å². The van der Waals surface area contributed by atoms with Crippen LogP contribution in [0.3, 0.4) is 0 Å². The van der Waals surface area contributed by atoms with Gasteiger partial charge in [-0.3, -0.25) is 9.59 Å². The van der Waals surface area contributed by atoms with Crippen molar-refractivity contribution in [3.8, 4) is 5.75 Å². The average molecular weight is 391 g/mol. The Bertz CT molecular complexity index is 883. The molecule has 0 radical (unpaired) electrons. The molecule has 1 atom stereocenters. The van der Waals surface area contributed by atoms with Crippen molar-refractivity contribution in [2.45, 2.75) is 17.4 Å². The number of ether oxygens (including phenoxy) is 1. The van der Waals surface area contributed by atoms with Gasteiger partial charge in [-0.15, -0.1) is 0 Å². The summed E-state index contributed by atoms with van der Waals surface area (Å²) < 4.78 is 31.7. The van der Waals surface area contributed by atoms with Crippen LogP contribution >= 0.6 is 0 Å². The van der Waals surface area contributed by atoms with Gasteiger partial charge in [0.25, 0.3) is 0 Å². The van der Waals surface area contributed by atoms with Gasteiger partial charge in [-0.1, -0.05) is 30.3 Å². The lowest BCUT2D eigenvalue weighted by Gasteiger charge is -2.16. The fourth-order valence-electron chi connectivity index (χ4n) is 2.33. The van der Waals surface area contributed by atoms with E-state index in [-0.39, 0.29) is 17.9 Å². The predicted octanol–water partition coefficient (Wildman–Crippen LogP) is 0.706. The summed E-state index contributed by atoms with van der Waals surface area (Å²) in [5.74, 6) is -0.666. The van der Waals surface area contributed by atoms with E-state index in [0.29, 0.717) is 11.3 Å². The molecule has 0 heterocycles. The van der Waals surface area contributed by atoms with Gasteiger partial charge >= 0.3 is 0 Å². The maximum Gasteiger partial charge on any atom is 0.244 e. The highest BCUT2D eigenvalue weighted by atomic mass is 32.2. The number of sulfonamides is 1. The van der Waals surface area contributed by atoms with Crippen LogP contribution in [0.5, 0.6) is 5.75 Å². The molecule has 4 N–H and O–H groups in total. The van der Waals surface area contributed by atoms with Gasteiger partial charge in [0.05, 0.1) is 12.0 Å². The Morgan fingerprint density at radius 1 is 1.07 bits per heavy atom. The zero-order valence-corrected chi connectivity index (χ0v) is 15.5. The third-order valence-corrected chi connectivity index (χ3v) is 5.21. The highest BCUT2D eigenvalue weighted by molar-refractivity contribution is 7.89. The molecule has 0 bridgehead atoms. The maximum absolute atomic E-state index is 12.2. The predicted molar refractivity (Wildman–Crippen MR) is 99.3 cm³/mol. The molecule has 9 heteroatoms. The molecule has 2 aromatic carbocycles. The zero-order valence-electron chi connectivity index (χ0n) is 14.7. The molecule has 0 aliphatic rings. The number of nitrogens with two attached hydrogens (primary N) is 1. The lowest BCUT2D eigenvalue weighted by Crippen LogP contribution is -2.39. The summed E-state index contributed by atoms with van der Waals surface area (Å²) in [6.07, 6.45) is -0.147. The number of carbonyl (C=O) groups excluding carboxylic acids is 2. The van der Waals surface area contributed by atoms with Crippen LogP contribution in [-0.2, 0) is 19.6 Å². The van der Waals surface area contributed by atoms with Crippen LogP contribution < -0.4 is 20.5 Å². The van der Waals surface area contributed by atoms with Gasteiger partial charge in [0.1, 0.15) is 11.8 Å². The minimum atomic E-state index is -3.76. The number of benzene rings is 2. The lowest BCUT2D eigenvalue weighted by atomic mass is 10.1. The van der Waals surface area contributed by atoms with Gasteiger partial charge in [0, 0.05) is 13.0 Å². The largest absolute Gasteiger partial charge is 0.497 e. The number of nitrogens with one attached hydrogen (secondary N) is 2. The Morgan fingerprint density at radius 3 is 2.26 bits per heavy atom. The van der Waals surface area contributed by atoms with Gasteiger partial charge in [-0.25, -0.2) is 13.1 Å². The second kappa shape index (κ2) is 9.15. The first-order chi connectivity index (χ1) is 12.8. The summed E-state index contributed by atoms with van der Waals surface area (Å²) in [5.41, 5.74) is 5.89. The molecule has 27 heavy (non-hydrogen) atoms. The monoisotopic (exact) mass is 391 g/mol. The molecule has 0 aliphatic carbocycles. The van der Waals surface area contributed by atoms with Crippen molar-refractivity contribution in [2.24, 2.45) is 5.73 Å². The van der Waals surface area contributed by atoms with Gasteiger partial charge < -0.3 is 15.8 Å². The van der Waals surface area contributed by atoms with Crippen LogP contribution in [0.4, 0.5) is 0 Å². The number of methoxy groups -OCH3 is 1. The summed E-state index contributed by atoms with van der Waals surface area (Å²) in [4.78, 5) is 23.7. The maximum atomic E-state index is 12.2. The SMILES string of the molecule is COc1ccc(S(=O)(=O)NCCC(=O)N[C@H](C(N)=O)c2ccccc2)cc1. The highest BCUT2D eigenvalue weighted by Crippen LogP contribution is 2.15. The zero-order chi connectivity index (χ0) is 19.9. The van der Waals surface area contributed by atoms with E-state index in [1.165, 1.54) is 31.4 Å². The van der Waals surface area contributed by atoms with Crippen molar-refractivity contribution in [3.05, 3.63) is 60.2 Å². The molecule has 2 amide bonds. The number of primary amides is 1. The van der Waals surface area contributed by atoms with Crippen LogP contribution in [0.2, 0.25) is 0 Å². The van der Waals surface area contributed by atoms with Crippen LogP contribution in [-0.4, -0.2) is 33.9 Å². The van der Waals surface area contributed by atoms with Gasteiger partial charge in [0.15, 0.2) is 0 Å². The van der Waals surface area contributed by atoms with Crippen LogP contribution in [0.1, 0.15) is 18.0 Å². The van der Waals surface area contributed by atoms with Crippen LogP contribution in [0.25, 0.3) is 0 Å². The summed E-state index contributed by atoms with van der Waals surface area (Å²) in [6.45, 7) is -0.125. The van der Waals surface area contributed by atoms with E-state index in [1.54, 1.807) is 30.3 Å². The first-order valence-electron chi connectivity index (χ1n) is 8.11. The third-order valence-electron chi connectivity index (χ3n) is 3.74. The lowest BCUT2D eigenvalue weighted by molar-refractivity contribution is -0.127.